The highest BCUT2D eigenvalue weighted by Crippen LogP contribution is 2.34. The number of aliphatic carboxylic acids is 1. The lowest BCUT2D eigenvalue weighted by molar-refractivity contribution is -0.139. The minimum atomic E-state index is -2.52. The third kappa shape index (κ3) is 4.47. The molecule has 2 aromatic carbocycles. The number of anilines is 1. The molecule has 0 aliphatic carbocycles. The summed E-state index contributed by atoms with van der Waals surface area (Å²) < 4.78 is 30.6. The van der Waals surface area contributed by atoms with Crippen LogP contribution in [-0.2, 0) is 22.6 Å². The van der Waals surface area contributed by atoms with Gasteiger partial charge in [0.05, 0.1) is 23.3 Å². The van der Waals surface area contributed by atoms with Crippen molar-refractivity contribution < 1.29 is 23.1 Å². The smallest absolute Gasteiger partial charge is 0.327 e. The summed E-state index contributed by atoms with van der Waals surface area (Å²) in [4.78, 5) is 13.8. The summed E-state index contributed by atoms with van der Waals surface area (Å²) in [5, 5.41) is 19.5. The van der Waals surface area contributed by atoms with E-state index in [0.29, 0.717) is 28.8 Å². The Kier molecular flexibility index (Phi) is 6.19. The fourth-order valence-electron chi connectivity index (χ4n) is 3.86. The molecule has 2 aromatic heterocycles. The van der Waals surface area contributed by atoms with Gasteiger partial charge in [-0.3, -0.25) is 8.86 Å². The van der Waals surface area contributed by atoms with Crippen molar-refractivity contribution >= 4 is 44.9 Å². The molecule has 2 unspecified atom stereocenters. The maximum Gasteiger partial charge on any atom is 0.327 e. The first-order chi connectivity index (χ1) is 15.7. The Morgan fingerprint density at radius 1 is 1.15 bits per heavy atom. The summed E-state index contributed by atoms with van der Waals surface area (Å²) in [5.41, 5.74) is 3.13. The van der Waals surface area contributed by atoms with E-state index in [1.807, 2.05) is 43.4 Å². The van der Waals surface area contributed by atoms with Crippen molar-refractivity contribution in [3.05, 3.63) is 48.3 Å². The molecule has 0 fully saturated rings. The van der Waals surface area contributed by atoms with E-state index in [1.165, 1.54) is 0 Å². The maximum atomic E-state index is 12.1. The highest BCUT2D eigenvalue weighted by molar-refractivity contribution is 7.80. The highest BCUT2D eigenvalue weighted by atomic mass is 32.2. The first kappa shape index (κ1) is 22.9. The molecule has 2 atom stereocenters. The third-order valence-corrected chi connectivity index (χ3v) is 6.06. The van der Waals surface area contributed by atoms with Crippen LogP contribution in [0.4, 0.5) is 5.69 Å². The molecule has 10 nitrogen and oxygen atoms in total. The molecule has 0 bridgehead atoms. The molecule has 0 aliphatic rings. The van der Waals surface area contributed by atoms with E-state index in [2.05, 4.69) is 10.3 Å². The van der Waals surface area contributed by atoms with Gasteiger partial charge in [0.1, 0.15) is 17.2 Å². The SMILES string of the molecule is CC(C)C(C(=O)O)N(c1ccc2oc3cc(-n4cc(CN(C)C)nn4)ccc3c2c1)S(=O)O. The van der Waals surface area contributed by atoms with Crippen LogP contribution in [0.5, 0.6) is 0 Å². The van der Waals surface area contributed by atoms with Crippen molar-refractivity contribution in [2.45, 2.75) is 26.4 Å². The Hall–Kier alpha value is -3.28. The minimum absolute atomic E-state index is 0.320. The molecule has 2 heterocycles. The second-order valence-corrected chi connectivity index (χ2v) is 9.29. The fraction of sp³-hybridized carbons (Fsp3) is 0.318. The number of hydrogen-bond donors (Lipinski definition) is 2. The summed E-state index contributed by atoms with van der Waals surface area (Å²) in [6.45, 7) is 4.06. The van der Waals surface area contributed by atoms with E-state index in [4.69, 9.17) is 4.42 Å². The Morgan fingerprint density at radius 2 is 1.91 bits per heavy atom. The lowest BCUT2D eigenvalue weighted by atomic mass is 10.0. The van der Waals surface area contributed by atoms with Crippen LogP contribution >= 0.6 is 0 Å². The number of rotatable bonds is 8. The van der Waals surface area contributed by atoms with E-state index in [9.17, 15) is 18.7 Å². The van der Waals surface area contributed by atoms with Crippen molar-refractivity contribution in [1.82, 2.24) is 19.9 Å². The number of benzene rings is 2. The van der Waals surface area contributed by atoms with Gasteiger partial charge in [0.15, 0.2) is 0 Å². The van der Waals surface area contributed by atoms with Gasteiger partial charge in [0, 0.05) is 23.4 Å². The van der Waals surface area contributed by atoms with E-state index in [0.717, 1.165) is 21.1 Å². The van der Waals surface area contributed by atoms with Crippen molar-refractivity contribution in [1.29, 1.82) is 0 Å². The molecule has 0 saturated heterocycles. The van der Waals surface area contributed by atoms with Gasteiger partial charge in [-0.05, 0) is 50.3 Å². The fourth-order valence-corrected chi connectivity index (χ4v) is 4.68. The van der Waals surface area contributed by atoms with Gasteiger partial charge in [0.25, 0.3) is 11.3 Å². The molecule has 11 heteroatoms. The molecular formula is C22H25N5O5S. The monoisotopic (exact) mass is 471 g/mol. The molecule has 0 amide bonds. The molecule has 0 aliphatic heterocycles. The van der Waals surface area contributed by atoms with Gasteiger partial charge in [0.2, 0.25) is 0 Å². The Balaban J connectivity index is 1.76. The summed E-state index contributed by atoms with van der Waals surface area (Å²) in [5.74, 6) is -1.56. The summed E-state index contributed by atoms with van der Waals surface area (Å²) in [6.07, 6.45) is 1.86. The topological polar surface area (TPSA) is 125 Å². The van der Waals surface area contributed by atoms with Crippen LogP contribution < -0.4 is 4.31 Å². The van der Waals surface area contributed by atoms with Gasteiger partial charge in [-0.25, -0.2) is 13.7 Å². The number of carboxylic acid groups (broad SMARTS) is 1. The molecule has 4 rings (SSSR count). The summed E-state index contributed by atoms with van der Waals surface area (Å²) >= 11 is -2.52. The Labute approximate surface area is 192 Å². The van der Waals surface area contributed by atoms with Gasteiger partial charge in [-0.2, -0.15) is 0 Å². The van der Waals surface area contributed by atoms with Crippen molar-refractivity contribution in [2.24, 2.45) is 5.92 Å². The first-order valence-corrected chi connectivity index (χ1v) is 11.4. The highest BCUT2D eigenvalue weighted by Gasteiger charge is 2.33. The first-order valence-electron chi connectivity index (χ1n) is 10.3. The number of nitrogens with zero attached hydrogens (tertiary/aromatic N) is 5. The number of carboxylic acids is 1. The molecular weight excluding hydrogens is 446 g/mol. The normalized spacial score (nSPS) is 13.8. The predicted molar refractivity (Wildman–Crippen MR) is 126 cm³/mol. The molecule has 2 N–H and O–H groups in total. The Morgan fingerprint density at radius 3 is 2.55 bits per heavy atom. The van der Waals surface area contributed by atoms with Gasteiger partial charge < -0.3 is 14.4 Å². The third-order valence-electron chi connectivity index (χ3n) is 5.28. The molecule has 4 aromatic rings. The van der Waals surface area contributed by atoms with Crippen molar-refractivity contribution in [2.75, 3.05) is 18.4 Å². The minimum Gasteiger partial charge on any atom is -0.480 e. The largest absolute Gasteiger partial charge is 0.480 e. The number of aromatic nitrogens is 3. The molecule has 174 valence electrons. The van der Waals surface area contributed by atoms with Crippen LogP contribution in [0.15, 0.2) is 47.0 Å². The van der Waals surface area contributed by atoms with Gasteiger partial charge in [-0.15, -0.1) is 5.10 Å². The maximum absolute atomic E-state index is 12.1. The molecule has 0 radical (unpaired) electrons. The average Bonchev–Trinajstić information content (AvgIpc) is 3.33. The molecule has 0 spiro atoms. The zero-order valence-electron chi connectivity index (χ0n) is 18.7. The van der Waals surface area contributed by atoms with Crippen LogP contribution in [0.2, 0.25) is 0 Å². The number of hydrogen-bond acceptors (Lipinski definition) is 6. The molecule has 0 saturated carbocycles. The van der Waals surface area contributed by atoms with E-state index < -0.39 is 29.2 Å². The second-order valence-electron chi connectivity index (χ2n) is 8.44. The number of fused-ring (bicyclic) bond motifs is 3. The van der Waals surface area contributed by atoms with E-state index >= 15 is 0 Å². The van der Waals surface area contributed by atoms with Crippen LogP contribution in [0.1, 0.15) is 19.5 Å². The van der Waals surface area contributed by atoms with Crippen molar-refractivity contribution in [3.8, 4) is 5.69 Å². The van der Waals surface area contributed by atoms with Gasteiger partial charge in [-0.1, -0.05) is 19.1 Å². The lowest BCUT2D eigenvalue weighted by Gasteiger charge is -2.29. The zero-order valence-corrected chi connectivity index (χ0v) is 19.5. The zero-order chi connectivity index (χ0) is 23.9. The van der Waals surface area contributed by atoms with Crippen LogP contribution in [0.25, 0.3) is 27.6 Å². The van der Waals surface area contributed by atoms with Crippen LogP contribution in [-0.4, -0.2) is 59.9 Å². The van der Waals surface area contributed by atoms with Crippen LogP contribution in [0.3, 0.4) is 0 Å². The van der Waals surface area contributed by atoms with Gasteiger partial charge >= 0.3 is 5.97 Å². The Bertz CT molecular complexity index is 1350. The predicted octanol–water partition coefficient (Wildman–Crippen LogP) is 3.28. The molecule has 33 heavy (non-hydrogen) atoms. The number of furan rings is 1. The lowest BCUT2D eigenvalue weighted by Crippen LogP contribution is -2.45. The number of carbonyl (C=O) groups is 1. The van der Waals surface area contributed by atoms with Crippen molar-refractivity contribution in [3.63, 3.8) is 0 Å². The van der Waals surface area contributed by atoms with E-state index in [-0.39, 0.29) is 0 Å². The summed E-state index contributed by atoms with van der Waals surface area (Å²) in [7, 11) is 3.92. The summed E-state index contributed by atoms with van der Waals surface area (Å²) in [6, 6.07) is 9.38. The van der Waals surface area contributed by atoms with E-state index in [1.54, 1.807) is 36.7 Å². The average molecular weight is 472 g/mol. The van der Waals surface area contributed by atoms with Crippen LogP contribution in [0, 0.1) is 5.92 Å². The second kappa shape index (κ2) is 8.93. The standard InChI is InChI=1S/C22H25N5O5S/c1-13(2)21(22(28)29)27(33(30)31)16-6-8-19-18(9-16)17-7-5-15(10-20(17)32-19)26-12-14(23-24-26)11-25(3)4/h5-10,12-13,21H,11H2,1-4H3,(H,28,29)(H,30,31). The quantitative estimate of drug-likeness (QED) is 0.375.